The second-order valence-corrected chi connectivity index (χ2v) is 10.6. The Hall–Kier alpha value is -2.37. The van der Waals surface area contributed by atoms with Crippen LogP contribution >= 0.6 is 23.0 Å². The third-order valence-electron chi connectivity index (χ3n) is 4.75. The normalized spacial score (nSPS) is 13.7. The summed E-state index contributed by atoms with van der Waals surface area (Å²) in [5, 5.41) is 0.928. The molecule has 0 bridgehead atoms. The van der Waals surface area contributed by atoms with Gasteiger partial charge in [-0.1, -0.05) is 26.8 Å². The van der Waals surface area contributed by atoms with E-state index in [1.165, 1.54) is 13.1 Å². The molecular formula is C23H29F3N4O2S2. The van der Waals surface area contributed by atoms with Crippen molar-refractivity contribution < 1.29 is 22.1 Å². The molecule has 1 heterocycles. The number of benzene rings is 1. The van der Waals surface area contributed by atoms with Crippen molar-refractivity contribution in [3.63, 3.8) is 0 Å². The van der Waals surface area contributed by atoms with Gasteiger partial charge in [0.1, 0.15) is 11.4 Å². The molecule has 1 aromatic carbocycles. The van der Waals surface area contributed by atoms with Crippen LogP contribution in [0.15, 0.2) is 29.5 Å². The molecule has 1 aromatic heterocycles. The molecule has 0 aliphatic rings. The van der Waals surface area contributed by atoms with Crippen LogP contribution in [0, 0.1) is 13.8 Å². The minimum atomic E-state index is -4.39. The van der Waals surface area contributed by atoms with Crippen molar-refractivity contribution >= 4 is 39.4 Å². The molecule has 0 radical (unpaired) electrons. The van der Waals surface area contributed by atoms with Gasteiger partial charge in [0, 0.05) is 22.4 Å². The van der Waals surface area contributed by atoms with Gasteiger partial charge >= 0.3 is 5.51 Å². The lowest BCUT2D eigenvalue weighted by atomic mass is 9.93. The quantitative estimate of drug-likeness (QED) is 0.309. The Balaban J connectivity index is 2.06. The van der Waals surface area contributed by atoms with Crippen LogP contribution < -0.4 is 10.5 Å². The molecule has 0 saturated heterocycles. The first-order chi connectivity index (χ1) is 15.7. The fourth-order valence-electron chi connectivity index (χ4n) is 2.86. The zero-order valence-electron chi connectivity index (χ0n) is 20.0. The first-order valence-electron chi connectivity index (χ1n) is 10.4. The predicted octanol–water partition coefficient (Wildman–Crippen LogP) is 5.55. The van der Waals surface area contributed by atoms with E-state index in [-0.39, 0.29) is 23.0 Å². The number of thiocarbonyl (C=S) groups is 1. The fourth-order valence-corrected chi connectivity index (χ4v) is 3.85. The van der Waals surface area contributed by atoms with Crippen LogP contribution in [0.4, 0.5) is 13.2 Å². The number of aromatic nitrogens is 2. The molecule has 0 fully saturated rings. The van der Waals surface area contributed by atoms with E-state index in [1.807, 2.05) is 40.7 Å². The van der Waals surface area contributed by atoms with E-state index in [0.29, 0.717) is 17.9 Å². The Kier molecular flexibility index (Phi) is 9.32. The lowest BCUT2D eigenvalue weighted by Gasteiger charge is -2.16. The number of aliphatic imine (C=N–C) groups is 1. The maximum Gasteiger partial charge on any atom is 0.460 e. The highest BCUT2D eigenvalue weighted by Crippen LogP contribution is 2.37. The van der Waals surface area contributed by atoms with Crippen LogP contribution in [0.25, 0.3) is 0 Å². The molecule has 2 aromatic rings. The number of ether oxygens (including phenoxy) is 1. The first kappa shape index (κ1) is 27.9. The smallest absolute Gasteiger partial charge is 0.430 e. The van der Waals surface area contributed by atoms with Crippen molar-refractivity contribution in [2.45, 2.75) is 58.9 Å². The molecule has 34 heavy (non-hydrogen) atoms. The van der Waals surface area contributed by atoms with Gasteiger partial charge in [-0.15, -0.1) is 0 Å². The van der Waals surface area contributed by atoms with E-state index in [1.54, 1.807) is 12.3 Å². The first-order valence-corrected chi connectivity index (χ1v) is 12.1. The van der Waals surface area contributed by atoms with Crippen molar-refractivity contribution in [2.24, 2.45) is 10.7 Å². The van der Waals surface area contributed by atoms with Gasteiger partial charge in [-0.2, -0.15) is 18.2 Å². The summed E-state index contributed by atoms with van der Waals surface area (Å²) in [6.45, 7) is 11.0. The number of aryl methyl sites for hydroxylation is 2. The largest absolute Gasteiger partial charge is 0.460 e. The minimum absolute atomic E-state index is 0.0538. The second-order valence-electron chi connectivity index (χ2n) is 8.50. The van der Waals surface area contributed by atoms with Crippen molar-refractivity contribution in [3.8, 4) is 5.75 Å². The molecule has 1 atom stereocenters. The Morgan fingerprint density at radius 1 is 1.15 bits per heavy atom. The van der Waals surface area contributed by atoms with Crippen LogP contribution in [0.2, 0.25) is 0 Å². The Bertz CT molecular complexity index is 1090. The zero-order chi connectivity index (χ0) is 25.7. The maximum atomic E-state index is 12.8. The summed E-state index contributed by atoms with van der Waals surface area (Å²) in [6, 6.07) is 3.60. The number of nitrogens with zero attached hydrogens (tertiary/aromatic N) is 3. The highest BCUT2D eigenvalue weighted by Gasteiger charge is 2.33. The van der Waals surface area contributed by atoms with Gasteiger partial charge in [-0.25, -0.2) is 4.98 Å². The molecule has 1 unspecified atom stereocenters. The topological polar surface area (TPSA) is 82.6 Å². The van der Waals surface area contributed by atoms with Crippen LogP contribution in [-0.4, -0.2) is 38.5 Å². The Labute approximate surface area is 205 Å². The van der Waals surface area contributed by atoms with Gasteiger partial charge < -0.3 is 14.7 Å². The predicted molar refractivity (Wildman–Crippen MR) is 136 cm³/mol. The SMILES string of the molecule is C/C=S(\OCCc1cc(C)c(OC(=S)N=C(N)c2cnc(C(C)(C)C)cn2)cc1C)C(F)(F)F. The number of halogens is 3. The number of hydrogen-bond acceptors (Lipinski definition) is 5. The average molecular weight is 515 g/mol. The zero-order valence-corrected chi connectivity index (χ0v) is 21.6. The standard InChI is InChI=1S/C23H29F3N4O2S2/c1-7-34(23(24,25)26)31-9-8-16-10-15(3)18(11-14(16)2)32-21(33)30-20(27)17-12-29-19(13-28-17)22(4,5)6/h7,10-13H,8-9H2,1-6H3,(H2,27,30,33). The minimum Gasteiger partial charge on any atom is -0.430 e. The maximum absolute atomic E-state index is 12.8. The van der Waals surface area contributed by atoms with E-state index < -0.39 is 16.3 Å². The van der Waals surface area contributed by atoms with Gasteiger partial charge in [-0.3, -0.25) is 4.98 Å². The summed E-state index contributed by atoms with van der Waals surface area (Å²) < 4.78 is 49.2. The molecule has 0 amide bonds. The number of amidine groups is 1. The van der Waals surface area contributed by atoms with Crippen LogP contribution in [0.1, 0.15) is 55.8 Å². The number of hydrogen-bond donors (Lipinski definition) is 1. The van der Waals surface area contributed by atoms with E-state index >= 15 is 0 Å². The molecule has 186 valence electrons. The highest BCUT2D eigenvalue weighted by molar-refractivity contribution is 8.11. The monoisotopic (exact) mass is 514 g/mol. The number of nitrogens with two attached hydrogens (primary N) is 1. The molecule has 2 rings (SSSR count). The Morgan fingerprint density at radius 2 is 1.82 bits per heavy atom. The van der Waals surface area contributed by atoms with Crippen LogP contribution in [0.5, 0.6) is 5.75 Å². The summed E-state index contributed by atoms with van der Waals surface area (Å²) in [5.74, 6) is 0.559. The van der Waals surface area contributed by atoms with Crippen molar-refractivity contribution in [3.05, 3.63) is 52.6 Å². The van der Waals surface area contributed by atoms with Gasteiger partial charge in [0.25, 0.3) is 5.17 Å². The number of rotatable bonds is 6. The molecule has 0 aliphatic carbocycles. The van der Waals surface area contributed by atoms with Gasteiger partial charge in [0.2, 0.25) is 0 Å². The lowest BCUT2D eigenvalue weighted by molar-refractivity contribution is -0.0405. The van der Waals surface area contributed by atoms with Crippen LogP contribution in [-0.2, 0) is 16.0 Å². The van der Waals surface area contributed by atoms with E-state index in [4.69, 9.17) is 26.9 Å². The van der Waals surface area contributed by atoms with Crippen molar-refractivity contribution in [1.82, 2.24) is 9.97 Å². The molecule has 6 nitrogen and oxygen atoms in total. The van der Waals surface area contributed by atoms with Crippen LogP contribution in [0.3, 0.4) is 0 Å². The Morgan fingerprint density at radius 3 is 2.35 bits per heavy atom. The molecule has 2 N–H and O–H groups in total. The summed E-state index contributed by atoms with van der Waals surface area (Å²) in [5.41, 5.74) is 5.11. The molecule has 0 spiro atoms. The van der Waals surface area contributed by atoms with E-state index in [9.17, 15) is 13.2 Å². The third-order valence-corrected chi connectivity index (χ3v) is 6.23. The fraction of sp³-hybridized carbons (Fsp3) is 0.435. The van der Waals surface area contributed by atoms with Gasteiger partial charge in [0.15, 0.2) is 5.84 Å². The van der Waals surface area contributed by atoms with Crippen molar-refractivity contribution in [1.29, 1.82) is 0 Å². The van der Waals surface area contributed by atoms with Crippen molar-refractivity contribution in [2.75, 3.05) is 6.61 Å². The molecule has 0 aliphatic heterocycles. The number of alkyl halides is 3. The van der Waals surface area contributed by atoms with E-state index in [0.717, 1.165) is 27.8 Å². The van der Waals surface area contributed by atoms with E-state index in [2.05, 4.69) is 15.0 Å². The molecular weight excluding hydrogens is 485 g/mol. The third kappa shape index (κ3) is 7.85. The summed E-state index contributed by atoms with van der Waals surface area (Å²) in [7, 11) is -2.18. The van der Waals surface area contributed by atoms with Gasteiger partial charge in [-0.05, 0) is 67.5 Å². The summed E-state index contributed by atoms with van der Waals surface area (Å²) in [6.07, 6.45) is 3.52. The summed E-state index contributed by atoms with van der Waals surface area (Å²) in [4.78, 5) is 12.8. The molecule has 11 heteroatoms. The summed E-state index contributed by atoms with van der Waals surface area (Å²) >= 11 is 5.21. The van der Waals surface area contributed by atoms with Gasteiger partial charge in [0.05, 0.1) is 18.5 Å². The lowest BCUT2D eigenvalue weighted by Crippen LogP contribution is -2.21. The average Bonchev–Trinajstić information content (AvgIpc) is 2.72. The second kappa shape index (κ2) is 11.4. The molecule has 0 saturated carbocycles. The highest BCUT2D eigenvalue weighted by atomic mass is 32.2.